The lowest BCUT2D eigenvalue weighted by atomic mass is 10.0. The molecule has 3 heterocycles. The highest BCUT2D eigenvalue weighted by atomic mass is 35.5. The molecule has 0 saturated carbocycles. The third-order valence-electron chi connectivity index (χ3n) is 5.91. The van der Waals surface area contributed by atoms with Gasteiger partial charge in [-0.05, 0) is 42.7 Å². The summed E-state index contributed by atoms with van der Waals surface area (Å²) >= 11 is 6.34. The molecule has 2 unspecified atom stereocenters. The van der Waals surface area contributed by atoms with E-state index >= 15 is 0 Å². The number of hydrogen-bond acceptors (Lipinski definition) is 4. The largest absolute Gasteiger partial charge is 0.361 e. The normalized spacial score (nSPS) is 15.4. The maximum atomic E-state index is 13.5. The number of carbonyl (C=O) groups is 1. The SMILES string of the molecule is O=C(C(CCc1ccccc1Cl)NS(=O)c1cccc2[nH]ccc12)N1CCn2cnnc2C1. The average molecular weight is 483 g/mol. The second-order valence-corrected chi connectivity index (χ2v) is 9.58. The number of nitrogens with zero attached hydrogens (tertiary/aromatic N) is 4. The number of rotatable bonds is 7. The van der Waals surface area contributed by atoms with Crippen LogP contribution in [0.5, 0.6) is 0 Å². The zero-order chi connectivity index (χ0) is 22.8. The van der Waals surface area contributed by atoms with E-state index in [4.69, 9.17) is 11.6 Å². The van der Waals surface area contributed by atoms with Gasteiger partial charge in [0.15, 0.2) is 5.82 Å². The van der Waals surface area contributed by atoms with Gasteiger partial charge in [-0.1, -0.05) is 35.9 Å². The van der Waals surface area contributed by atoms with Crippen LogP contribution in [0.3, 0.4) is 0 Å². The minimum Gasteiger partial charge on any atom is -0.361 e. The van der Waals surface area contributed by atoms with Crippen LogP contribution in [0.1, 0.15) is 17.8 Å². The first-order valence-corrected chi connectivity index (χ1v) is 12.3. The molecule has 0 aliphatic carbocycles. The molecule has 0 radical (unpaired) electrons. The summed E-state index contributed by atoms with van der Waals surface area (Å²) in [6.07, 6.45) is 4.53. The van der Waals surface area contributed by atoms with Crippen LogP contribution in [0.4, 0.5) is 0 Å². The molecule has 1 aliphatic rings. The summed E-state index contributed by atoms with van der Waals surface area (Å²) in [6.45, 7) is 1.56. The van der Waals surface area contributed by atoms with Gasteiger partial charge in [-0.3, -0.25) is 4.79 Å². The number of fused-ring (bicyclic) bond motifs is 2. The molecule has 33 heavy (non-hydrogen) atoms. The van der Waals surface area contributed by atoms with Crippen LogP contribution in [0.2, 0.25) is 5.02 Å². The van der Waals surface area contributed by atoms with Crippen molar-refractivity contribution in [1.82, 2.24) is 29.4 Å². The van der Waals surface area contributed by atoms with E-state index in [9.17, 15) is 9.00 Å². The summed E-state index contributed by atoms with van der Waals surface area (Å²) in [7, 11) is -1.58. The predicted molar refractivity (Wildman–Crippen MR) is 127 cm³/mol. The van der Waals surface area contributed by atoms with Gasteiger partial charge in [0.05, 0.1) is 17.5 Å². The Bertz CT molecular complexity index is 1320. The highest BCUT2D eigenvalue weighted by molar-refractivity contribution is 7.83. The Hall–Kier alpha value is -3.01. The summed E-state index contributed by atoms with van der Waals surface area (Å²) in [5.41, 5.74) is 1.85. The minimum atomic E-state index is -1.58. The fraction of sp³-hybridized carbons (Fsp3) is 0.261. The number of amides is 1. The van der Waals surface area contributed by atoms with E-state index in [0.717, 1.165) is 22.3 Å². The maximum Gasteiger partial charge on any atom is 0.241 e. The molecule has 5 rings (SSSR count). The number of H-pyrrole nitrogens is 1. The van der Waals surface area contributed by atoms with Crippen LogP contribution >= 0.6 is 11.6 Å². The second kappa shape index (κ2) is 9.46. The Morgan fingerprint density at radius 1 is 1.18 bits per heavy atom. The number of carbonyl (C=O) groups excluding carboxylic acids is 1. The molecule has 170 valence electrons. The highest BCUT2D eigenvalue weighted by Crippen LogP contribution is 2.22. The fourth-order valence-electron chi connectivity index (χ4n) is 4.12. The van der Waals surface area contributed by atoms with Crippen molar-refractivity contribution >= 4 is 39.4 Å². The van der Waals surface area contributed by atoms with Crippen LogP contribution < -0.4 is 4.72 Å². The van der Waals surface area contributed by atoms with Gasteiger partial charge < -0.3 is 14.5 Å². The van der Waals surface area contributed by atoms with Gasteiger partial charge in [0.1, 0.15) is 17.3 Å². The van der Waals surface area contributed by atoms with Gasteiger partial charge in [-0.25, -0.2) is 8.93 Å². The maximum absolute atomic E-state index is 13.5. The average Bonchev–Trinajstić information content (AvgIpc) is 3.50. The van der Waals surface area contributed by atoms with Gasteiger partial charge in [0.25, 0.3) is 0 Å². The lowest BCUT2D eigenvalue weighted by Gasteiger charge is -2.30. The zero-order valence-electron chi connectivity index (χ0n) is 17.8. The number of aromatic nitrogens is 4. The van der Waals surface area contributed by atoms with E-state index in [-0.39, 0.29) is 5.91 Å². The zero-order valence-corrected chi connectivity index (χ0v) is 19.4. The predicted octanol–water partition coefficient (Wildman–Crippen LogP) is 3.07. The molecular weight excluding hydrogens is 460 g/mol. The summed E-state index contributed by atoms with van der Waals surface area (Å²) in [6, 6.07) is 14.4. The first kappa shape index (κ1) is 21.8. The van der Waals surface area contributed by atoms with E-state index < -0.39 is 17.0 Å². The number of hydrogen-bond donors (Lipinski definition) is 2. The Balaban J connectivity index is 1.38. The number of aromatic amines is 1. The van der Waals surface area contributed by atoms with Crippen LogP contribution in [-0.4, -0.2) is 47.4 Å². The van der Waals surface area contributed by atoms with Crippen LogP contribution in [0.15, 0.2) is 66.0 Å². The van der Waals surface area contributed by atoms with Gasteiger partial charge >= 0.3 is 0 Å². The molecule has 4 aromatic rings. The number of aryl methyl sites for hydroxylation is 1. The summed E-state index contributed by atoms with van der Waals surface area (Å²) < 4.78 is 18.4. The van der Waals surface area contributed by atoms with Crippen molar-refractivity contribution in [3.05, 3.63) is 77.5 Å². The van der Waals surface area contributed by atoms with Gasteiger partial charge in [0.2, 0.25) is 5.91 Å². The quantitative estimate of drug-likeness (QED) is 0.423. The molecular formula is C23H23ClN6O2S. The topological polar surface area (TPSA) is 95.9 Å². The molecule has 2 aromatic carbocycles. The molecule has 0 saturated heterocycles. The molecule has 8 nitrogen and oxygen atoms in total. The third kappa shape index (κ3) is 4.57. The molecule has 0 spiro atoms. The number of halogens is 1. The van der Waals surface area contributed by atoms with E-state index in [1.165, 1.54) is 0 Å². The van der Waals surface area contributed by atoms with E-state index in [0.29, 0.717) is 42.4 Å². The lowest BCUT2D eigenvalue weighted by molar-refractivity contribution is -0.134. The molecule has 2 aromatic heterocycles. The van der Waals surface area contributed by atoms with Crippen molar-refractivity contribution in [1.29, 1.82) is 0 Å². The molecule has 0 fully saturated rings. The van der Waals surface area contributed by atoms with Crippen molar-refractivity contribution in [2.24, 2.45) is 0 Å². The third-order valence-corrected chi connectivity index (χ3v) is 7.54. The molecule has 10 heteroatoms. The van der Waals surface area contributed by atoms with E-state index in [2.05, 4.69) is 19.9 Å². The molecule has 1 aliphatic heterocycles. The van der Waals surface area contributed by atoms with E-state index in [1.807, 2.05) is 59.3 Å². The Morgan fingerprint density at radius 2 is 2.06 bits per heavy atom. The first-order chi connectivity index (χ1) is 16.1. The number of benzene rings is 2. The first-order valence-electron chi connectivity index (χ1n) is 10.7. The Kier molecular flexibility index (Phi) is 6.26. The molecule has 2 atom stereocenters. The highest BCUT2D eigenvalue weighted by Gasteiger charge is 2.30. The molecule has 0 bridgehead atoms. The summed E-state index contributed by atoms with van der Waals surface area (Å²) in [4.78, 5) is 19.1. The second-order valence-electron chi connectivity index (χ2n) is 7.96. The smallest absolute Gasteiger partial charge is 0.241 e. The minimum absolute atomic E-state index is 0.106. The van der Waals surface area contributed by atoms with Crippen LogP contribution in [-0.2, 0) is 35.3 Å². The van der Waals surface area contributed by atoms with Gasteiger partial charge in [0, 0.05) is 35.2 Å². The Morgan fingerprint density at radius 3 is 2.94 bits per heavy atom. The van der Waals surface area contributed by atoms with Crippen molar-refractivity contribution in [3.63, 3.8) is 0 Å². The van der Waals surface area contributed by atoms with Crippen LogP contribution in [0.25, 0.3) is 10.9 Å². The molecule has 2 N–H and O–H groups in total. The Labute approximate surface area is 198 Å². The van der Waals surface area contributed by atoms with E-state index in [1.54, 1.807) is 11.2 Å². The van der Waals surface area contributed by atoms with Crippen molar-refractivity contribution < 1.29 is 9.00 Å². The van der Waals surface area contributed by atoms with Crippen molar-refractivity contribution in [2.75, 3.05) is 6.54 Å². The van der Waals surface area contributed by atoms with Crippen LogP contribution in [0, 0.1) is 0 Å². The monoisotopic (exact) mass is 482 g/mol. The number of nitrogens with one attached hydrogen (secondary N) is 2. The molecule has 1 amide bonds. The fourth-order valence-corrected chi connectivity index (χ4v) is 5.53. The van der Waals surface area contributed by atoms with Gasteiger partial charge in [-0.15, -0.1) is 10.2 Å². The van der Waals surface area contributed by atoms with Gasteiger partial charge in [-0.2, -0.15) is 0 Å². The summed E-state index contributed by atoms with van der Waals surface area (Å²) in [5.74, 6) is 0.642. The summed E-state index contributed by atoms with van der Waals surface area (Å²) in [5, 5.41) is 9.57. The standard InChI is InChI=1S/C23H23ClN6O2S/c24-18-5-2-1-4-16(18)8-9-20(23(31)29-12-13-30-15-26-27-22(30)14-29)28-33(32)21-7-3-6-19-17(21)10-11-25-19/h1-7,10-11,15,20,25,28H,8-9,12-14H2. The van der Waals surface area contributed by atoms with Crippen molar-refractivity contribution in [3.8, 4) is 0 Å². The van der Waals surface area contributed by atoms with Crippen molar-refractivity contribution in [2.45, 2.75) is 36.9 Å². The lowest BCUT2D eigenvalue weighted by Crippen LogP contribution is -2.49.